The zero-order valence-corrected chi connectivity index (χ0v) is 11.1. The summed E-state index contributed by atoms with van der Waals surface area (Å²) >= 11 is -3.36. The first kappa shape index (κ1) is 14.3. The minimum absolute atomic E-state index is 1.42. The van der Waals surface area contributed by atoms with Crippen LogP contribution in [0.4, 0.5) is 0 Å². The van der Waals surface area contributed by atoms with Crippen LogP contribution in [0.15, 0.2) is 0 Å². The molecular weight excluding hydrogens is 259 g/mol. The van der Waals surface area contributed by atoms with Crippen molar-refractivity contribution in [3.63, 3.8) is 0 Å². The SMILES string of the molecule is COC(OC)(OC)[Se](OC)(OC)OC. The molecule has 88 valence electrons. The van der Waals surface area contributed by atoms with Gasteiger partial charge in [-0.05, 0) is 0 Å². The molecule has 0 N–H and O–H groups in total. The average molecular weight is 277 g/mol. The van der Waals surface area contributed by atoms with Crippen LogP contribution in [0.3, 0.4) is 0 Å². The Morgan fingerprint density at radius 2 is 0.929 bits per heavy atom. The number of hydrogen-bond acceptors (Lipinski definition) is 6. The molecule has 0 bridgehead atoms. The molecule has 0 aliphatic rings. The molecule has 6 nitrogen and oxygen atoms in total. The quantitative estimate of drug-likeness (QED) is 0.482. The van der Waals surface area contributed by atoms with E-state index >= 15 is 0 Å². The van der Waals surface area contributed by atoms with Crippen molar-refractivity contribution in [2.75, 3.05) is 42.7 Å². The van der Waals surface area contributed by atoms with E-state index in [0.717, 1.165) is 0 Å². The molecule has 0 spiro atoms. The van der Waals surface area contributed by atoms with E-state index in [1.165, 1.54) is 42.7 Å². The van der Waals surface area contributed by atoms with E-state index in [9.17, 15) is 0 Å². The molecule has 0 radical (unpaired) electrons. The molecule has 0 atom stereocenters. The van der Waals surface area contributed by atoms with Crippen LogP contribution in [0, 0.1) is 0 Å². The van der Waals surface area contributed by atoms with Crippen LogP contribution in [0.25, 0.3) is 0 Å². The molecular formula is C7H18O6Se. The van der Waals surface area contributed by atoms with Crippen LogP contribution in [0.1, 0.15) is 0 Å². The fourth-order valence-electron chi connectivity index (χ4n) is 1.07. The molecule has 0 saturated carbocycles. The summed E-state index contributed by atoms with van der Waals surface area (Å²) in [7, 11) is 8.65. The molecule has 0 aromatic heterocycles. The summed E-state index contributed by atoms with van der Waals surface area (Å²) in [6, 6.07) is 0. The first-order chi connectivity index (χ1) is 6.61. The Balaban J connectivity index is 5.08. The first-order valence-electron chi connectivity index (χ1n) is 3.77. The van der Waals surface area contributed by atoms with Crippen LogP contribution in [-0.2, 0) is 25.7 Å². The van der Waals surface area contributed by atoms with Gasteiger partial charge in [0.25, 0.3) is 0 Å². The Labute approximate surface area is 87.6 Å². The van der Waals surface area contributed by atoms with Gasteiger partial charge in [0.05, 0.1) is 0 Å². The van der Waals surface area contributed by atoms with E-state index in [0.29, 0.717) is 0 Å². The van der Waals surface area contributed by atoms with Gasteiger partial charge < -0.3 is 0 Å². The summed E-state index contributed by atoms with van der Waals surface area (Å²) in [5.41, 5.74) is 0. The fraction of sp³-hybridized carbons (Fsp3) is 1.00. The minimum atomic E-state index is -3.36. The van der Waals surface area contributed by atoms with Crippen molar-refractivity contribution in [2.24, 2.45) is 0 Å². The second-order valence-corrected chi connectivity index (χ2v) is 7.12. The average Bonchev–Trinajstić information content (AvgIpc) is 2.27. The Hall–Kier alpha value is 0.279. The van der Waals surface area contributed by atoms with Gasteiger partial charge in [-0.1, -0.05) is 0 Å². The molecule has 0 unspecified atom stereocenters. The first-order valence-corrected chi connectivity index (χ1v) is 6.72. The Morgan fingerprint density at radius 3 is 1.00 bits per heavy atom. The van der Waals surface area contributed by atoms with E-state index in [4.69, 9.17) is 25.7 Å². The van der Waals surface area contributed by atoms with Gasteiger partial charge in [-0.25, -0.2) is 0 Å². The van der Waals surface area contributed by atoms with Crippen molar-refractivity contribution in [1.29, 1.82) is 0 Å². The molecule has 0 fully saturated rings. The summed E-state index contributed by atoms with van der Waals surface area (Å²) in [5, 5.41) is 0. The topological polar surface area (TPSA) is 55.4 Å². The van der Waals surface area contributed by atoms with Crippen molar-refractivity contribution in [3.05, 3.63) is 0 Å². The van der Waals surface area contributed by atoms with E-state index in [1.54, 1.807) is 0 Å². The van der Waals surface area contributed by atoms with Gasteiger partial charge in [-0.2, -0.15) is 0 Å². The fourth-order valence-corrected chi connectivity index (χ4v) is 4.49. The molecule has 0 rings (SSSR count). The van der Waals surface area contributed by atoms with Crippen molar-refractivity contribution in [3.8, 4) is 0 Å². The Kier molecular flexibility index (Phi) is 6.11. The maximum atomic E-state index is 5.21. The molecule has 7 heteroatoms. The second-order valence-electron chi connectivity index (χ2n) is 2.07. The zero-order chi connectivity index (χ0) is 11.2. The maximum absolute atomic E-state index is 5.21. The van der Waals surface area contributed by atoms with E-state index in [2.05, 4.69) is 0 Å². The van der Waals surface area contributed by atoms with Gasteiger partial charge in [0.15, 0.2) is 0 Å². The molecule has 0 aliphatic heterocycles. The summed E-state index contributed by atoms with van der Waals surface area (Å²) in [6.45, 7) is 0. The third-order valence-corrected chi connectivity index (χ3v) is 6.81. The van der Waals surface area contributed by atoms with Crippen molar-refractivity contribution in [2.45, 2.75) is 4.87 Å². The van der Waals surface area contributed by atoms with Crippen LogP contribution < -0.4 is 0 Å². The number of methoxy groups -OCH3 is 3. The van der Waals surface area contributed by atoms with Gasteiger partial charge in [-0.15, -0.1) is 0 Å². The monoisotopic (exact) mass is 278 g/mol. The molecule has 0 heterocycles. The van der Waals surface area contributed by atoms with Crippen molar-refractivity contribution < 1.29 is 25.7 Å². The van der Waals surface area contributed by atoms with Gasteiger partial charge >= 0.3 is 87.0 Å². The van der Waals surface area contributed by atoms with Crippen LogP contribution >= 0.6 is 0 Å². The third kappa shape index (κ3) is 2.10. The summed E-state index contributed by atoms with van der Waals surface area (Å²) in [4.78, 5) is -1.42. The van der Waals surface area contributed by atoms with Crippen LogP contribution in [0.5, 0.6) is 0 Å². The normalized spacial score (nSPS) is 14.4. The van der Waals surface area contributed by atoms with Crippen LogP contribution in [-0.4, -0.2) is 61.4 Å². The molecule has 0 aliphatic carbocycles. The summed E-state index contributed by atoms with van der Waals surface area (Å²) in [6.07, 6.45) is 0. The van der Waals surface area contributed by atoms with Gasteiger partial charge in [0.2, 0.25) is 0 Å². The van der Waals surface area contributed by atoms with Gasteiger partial charge in [0, 0.05) is 0 Å². The molecule has 0 aromatic rings. The standard InChI is InChI=1S/C7H18O6Se/c1-8-7(9-2,10-3)14(11-4,12-5)13-6/h1-6H3. The van der Waals surface area contributed by atoms with E-state index in [-0.39, 0.29) is 0 Å². The molecule has 14 heavy (non-hydrogen) atoms. The van der Waals surface area contributed by atoms with Crippen molar-refractivity contribution in [1.82, 2.24) is 0 Å². The second kappa shape index (κ2) is 5.99. The third-order valence-electron chi connectivity index (χ3n) is 1.71. The van der Waals surface area contributed by atoms with Gasteiger partial charge in [-0.3, -0.25) is 0 Å². The van der Waals surface area contributed by atoms with E-state index < -0.39 is 18.7 Å². The van der Waals surface area contributed by atoms with Crippen molar-refractivity contribution >= 4 is 13.8 Å². The molecule has 0 aromatic carbocycles. The number of rotatable bonds is 7. The summed E-state index contributed by atoms with van der Waals surface area (Å²) < 4.78 is 31.0. The summed E-state index contributed by atoms with van der Waals surface area (Å²) in [5.74, 6) is 0. The van der Waals surface area contributed by atoms with Gasteiger partial charge in [0.1, 0.15) is 0 Å². The Bertz CT molecular complexity index is 122. The Morgan fingerprint density at radius 1 is 0.643 bits per heavy atom. The zero-order valence-electron chi connectivity index (χ0n) is 9.36. The van der Waals surface area contributed by atoms with E-state index in [1.807, 2.05) is 0 Å². The molecule has 0 amide bonds. The van der Waals surface area contributed by atoms with Crippen LogP contribution in [0.2, 0.25) is 0 Å². The number of hydrogen-bond donors (Lipinski definition) is 0. The molecule has 0 saturated heterocycles. The predicted octanol–water partition coefficient (Wildman–Crippen LogP) is -0.00330. The number of ether oxygens (including phenoxy) is 3. The predicted molar refractivity (Wildman–Crippen MR) is 50.5 cm³/mol.